The first kappa shape index (κ1) is 17.5. The normalized spacial score (nSPS) is 16.1. The number of aryl methyl sites for hydroxylation is 4. The van der Waals surface area contributed by atoms with Gasteiger partial charge in [-0.2, -0.15) is 0 Å². The highest BCUT2D eigenvalue weighted by Gasteiger charge is 2.21. The molecule has 0 radical (unpaired) electrons. The number of benzene rings is 1. The molecule has 0 fully saturated rings. The molecule has 4 rings (SSSR count). The number of nitrogens with zero attached hydrogens (tertiary/aromatic N) is 2. The molecule has 27 heavy (non-hydrogen) atoms. The van der Waals surface area contributed by atoms with Gasteiger partial charge in [0.05, 0.1) is 11.6 Å². The van der Waals surface area contributed by atoms with Gasteiger partial charge in [-0.05, 0) is 50.3 Å². The number of aromatic nitrogens is 2. The highest BCUT2D eigenvalue weighted by Crippen LogP contribution is 2.29. The van der Waals surface area contributed by atoms with Crippen LogP contribution in [0.25, 0.3) is 11.5 Å². The average molecular weight is 365 g/mol. The summed E-state index contributed by atoms with van der Waals surface area (Å²) in [5, 5.41) is 11.3. The monoisotopic (exact) mass is 365 g/mol. The van der Waals surface area contributed by atoms with E-state index in [9.17, 15) is 4.79 Å². The van der Waals surface area contributed by atoms with E-state index >= 15 is 0 Å². The second-order valence-corrected chi connectivity index (χ2v) is 7.04. The Morgan fingerprint density at radius 1 is 1.22 bits per heavy atom. The number of rotatable bonds is 5. The lowest BCUT2D eigenvalue weighted by atomic mass is 9.87. The van der Waals surface area contributed by atoms with Crippen LogP contribution in [-0.2, 0) is 17.6 Å². The Morgan fingerprint density at radius 2 is 2.07 bits per heavy atom. The van der Waals surface area contributed by atoms with Crippen LogP contribution in [0.5, 0.6) is 0 Å². The quantitative estimate of drug-likeness (QED) is 0.737. The Labute approximate surface area is 158 Å². The molecule has 0 spiro atoms. The summed E-state index contributed by atoms with van der Waals surface area (Å²) in [5.41, 5.74) is 3.37. The minimum absolute atomic E-state index is 0.00629. The van der Waals surface area contributed by atoms with E-state index in [1.807, 2.05) is 26.0 Å². The number of carbonyl (C=O) groups excluding carboxylic acids is 1. The van der Waals surface area contributed by atoms with Gasteiger partial charge in [0.2, 0.25) is 11.8 Å². The number of hydrogen-bond donors (Lipinski definition) is 1. The first-order valence-corrected chi connectivity index (χ1v) is 9.37. The molecule has 1 atom stereocenters. The van der Waals surface area contributed by atoms with Crippen LogP contribution >= 0.6 is 0 Å². The SMILES string of the molecule is Cc1cc(-c2nnc(CCC(=O)N[C@@H]3CCCc4ccccc43)o2)c(C)o1. The Kier molecular flexibility index (Phi) is 4.79. The Morgan fingerprint density at radius 3 is 2.89 bits per heavy atom. The van der Waals surface area contributed by atoms with Gasteiger partial charge < -0.3 is 14.2 Å². The summed E-state index contributed by atoms with van der Waals surface area (Å²) in [6, 6.07) is 10.3. The maximum Gasteiger partial charge on any atom is 0.251 e. The zero-order chi connectivity index (χ0) is 18.8. The molecule has 140 valence electrons. The van der Waals surface area contributed by atoms with Crippen molar-refractivity contribution in [3.8, 4) is 11.5 Å². The van der Waals surface area contributed by atoms with Crippen LogP contribution in [0, 0.1) is 13.8 Å². The highest BCUT2D eigenvalue weighted by atomic mass is 16.4. The number of furan rings is 1. The van der Waals surface area contributed by atoms with Crippen molar-refractivity contribution < 1.29 is 13.6 Å². The van der Waals surface area contributed by atoms with Crippen LogP contribution < -0.4 is 5.32 Å². The summed E-state index contributed by atoms with van der Waals surface area (Å²) in [6.07, 6.45) is 3.90. The van der Waals surface area contributed by atoms with E-state index in [1.54, 1.807) is 0 Å². The van der Waals surface area contributed by atoms with Crippen molar-refractivity contribution in [1.82, 2.24) is 15.5 Å². The van der Waals surface area contributed by atoms with E-state index in [-0.39, 0.29) is 11.9 Å². The molecule has 2 heterocycles. The molecule has 1 aliphatic carbocycles. The van der Waals surface area contributed by atoms with Gasteiger partial charge in [-0.15, -0.1) is 10.2 Å². The van der Waals surface area contributed by atoms with Crippen molar-refractivity contribution in [2.45, 2.75) is 52.0 Å². The molecular weight excluding hydrogens is 342 g/mol. The third-order valence-electron chi connectivity index (χ3n) is 5.01. The van der Waals surface area contributed by atoms with Gasteiger partial charge >= 0.3 is 0 Å². The molecule has 3 aromatic rings. The van der Waals surface area contributed by atoms with Gasteiger partial charge in [-0.3, -0.25) is 4.79 Å². The van der Waals surface area contributed by atoms with Crippen LogP contribution in [-0.4, -0.2) is 16.1 Å². The molecule has 0 saturated carbocycles. The molecule has 1 aliphatic rings. The minimum Gasteiger partial charge on any atom is -0.466 e. The van der Waals surface area contributed by atoms with E-state index < -0.39 is 0 Å². The fraction of sp³-hybridized carbons (Fsp3) is 0.381. The zero-order valence-corrected chi connectivity index (χ0v) is 15.6. The number of carbonyl (C=O) groups is 1. The highest BCUT2D eigenvalue weighted by molar-refractivity contribution is 5.76. The number of fused-ring (bicyclic) bond motifs is 1. The lowest BCUT2D eigenvalue weighted by molar-refractivity contribution is -0.122. The molecule has 0 saturated heterocycles. The number of nitrogens with one attached hydrogen (secondary N) is 1. The largest absolute Gasteiger partial charge is 0.466 e. The van der Waals surface area contributed by atoms with Gasteiger partial charge in [0.15, 0.2) is 0 Å². The van der Waals surface area contributed by atoms with Gasteiger partial charge in [-0.1, -0.05) is 24.3 Å². The van der Waals surface area contributed by atoms with Crippen LogP contribution in [0.3, 0.4) is 0 Å². The molecule has 2 aromatic heterocycles. The Bertz CT molecular complexity index is 957. The topological polar surface area (TPSA) is 81.2 Å². The predicted molar refractivity (Wildman–Crippen MR) is 100 cm³/mol. The summed E-state index contributed by atoms with van der Waals surface area (Å²) in [4.78, 5) is 12.4. The molecule has 1 amide bonds. The maximum atomic E-state index is 12.4. The van der Waals surface area contributed by atoms with E-state index in [2.05, 4.69) is 33.7 Å². The van der Waals surface area contributed by atoms with Crippen molar-refractivity contribution in [2.24, 2.45) is 0 Å². The minimum atomic E-state index is 0.00629. The Hall–Kier alpha value is -2.89. The first-order valence-electron chi connectivity index (χ1n) is 9.37. The zero-order valence-electron chi connectivity index (χ0n) is 15.6. The van der Waals surface area contributed by atoms with E-state index in [0.717, 1.165) is 36.3 Å². The van der Waals surface area contributed by atoms with Crippen molar-refractivity contribution in [3.05, 3.63) is 58.9 Å². The summed E-state index contributed by atoms with van der Waals surface area (Å²) < 4.78 is 11.2. The van der Waals surface area contributed by atoms with E-state index in [4.69, 9.17) is 8.83 Å². The molecule has 0 unspecified atom stereocenters. The first-order chi connectivity index (χ1) is 13.1. The standard InChI is InChI=1S/C21H23N3O3/c1-13-12-17(14(2)26-13)21-24-23-20(27-21)11-10-19(25)22-18-9-5-7-15-6-3-4-8-16(15)18/h3-4,6,8,12,18H,5,7,9-11H2,1-2H3,(H,22,25)/t18-/m1/s1. The fourth-order valence-electron chi connectivity index (χ4n) is 3.70. The molecule has 0 bridgehead atoms. The third kappa shape index (κ3) is 3.79. The molecular formula is C21H23N3O3. The molecule has 1 N–H and O–H groups in total. The second kappa shape index (κ2) is 7.39. The predicted octanol–water partition coefficient (Wildman–Crippen LogP) is 4.07. The van der Waals surface area contributed by atoms with Crippen LogP contribution in [0.15, 0.2) is 39.2 Å². The maximum absolute atomic E-state index is 12.4. The van der Waals surface area contributed by atoms with Gasteiger partial charge in [0.25, 0.3) is 5.89 Å². The lowest BCUT2D eigenvalue weighted by Gasteiger charge is -2.26. The number of hydrogen-bond acceptors (Lipinski definition) is 5. The van der Waals surface area contributed by atoms with Crippen LogP contribution in [0.1, 0.15) is 53.8 Å². The van der Waals surface area contributed by atoms with Gasteiger partial charge in [-0.25, -0.2) is 0 Å². The molecule has 1 aromatic carbocycles. The summed E-state index contributed by atoms with van der Waals surface area (Å²) in [6.45, 7) is 3.74. The summed E-state index contributed by atoms with van der Waals surface area (Å²) in [5.74, 6) is 2.45. The average Bonchev–Trinajstić information content (AvgIpc) is 3.26. The molecule has 0 aliphatic heterocycles. The smallest absolute Gasteiger partial charge is 0.251 e. The second-order valence-electron chi connectivity index (χ2n) is 7.04. The van der Waals surface area contributed by atoms with Crippen molar-refractivity contribution >= 4 is 5.91 Å². The van der Waals surface area contributed by atoms with E-state index in [0.29, 0.717) is 24.6 Å². The van der Waals surface area contributed by atoms with Gasteiger partial charge in [0.1, 0.15) is 11.5 Å². The van der Waals surface area contributed by atoms with Crippen LogP contribution in [0.2, 0.25) is 0 Å². The van der Waals surface area contributed by atoms with Crippen molar-refractivity contribution in [2.75, 3.05) is 0 Å². The molecule has 6 heteroatoms. The van der Waals surface area contributed by atoms with E-state index in [1.165, 1.54) is 11.1 Å². The number of amides is 1. The lowest BCUT2D eigenvalue weighted by Crippen LogP contribution is -2.31. The van der Waals surface area contributed by atoms with Crippen LogP contribution in [0.4, 0.5) is 0 Å². The summed E-state index contributed by atoms with van der Waals surface area (Å²) >= 11 is 0. The fourth-order valence-corrected chi connectivity index (χ4v) is 3.70. The van der Waals surface area contributed by atoms with Gasteiger partial charge in [0, 0.05) is 12.8 Å². The summed E-state index contributed by atoms with van der Waals surface area (Å²) in [7, 11) is 0. The molecule has 6 nitrogen and oxygen atoms in total. The van der Waals surface area contributed by atoms with Crippen molar-refractivity contribution in [1.29, 1.82) is 0 Å². The Balaban J connectivity index is 1.36. The third-order valence-corrected chi connectivity index (χ3v) is 5.01. The van der Waals surface area contributed by atoms with Crippen molar-refractivity contribution in [3.63, 3.8) is 0 Å².